The smallest absolute Gasteiger partial charge is 0.235 e. The lowest BCUT2D eigenvalue weighted by atomic mass is 10.2. The largest absolute Gasteiger partial charge is 0.483 e. The second kappa shape index (κ2) is 6.22. The Kier molecular flexibility index (Phi) is 3.92. The van der Waals surface area contributed by atoms with Gasteiger partial charge in [0.2, 0.25) is 4.96 Å². The van der Waals surface area contributed by atoms with Crippen LogP contribution in [0.5, 0.6) is 5.75 Å². The number of hydrogen-bond donors (Lipinski definition) is 0. The van der Waals surface area contributed by atoms with E-state index < -0.39 is 0 Å². The van der Waals surface area contributed by atoms with Gasteiger partial charge in [-0.25, -0.2) is 0 Å². The Bertz CT molecular complexity index is 965. The fourth-order valence-electron chi connectivity index (χ4n) is 2.33. The van der Waals surface area contributed by atoms with Gasteiger partial charge in [0.1, 0.15) is 11.9 Å². The molecule has 2 aromatic heterocycles. The number of aromatic nitrogens is 4. The number of ether oxygens (including phenoxy) is 1. The molecule has 2 heterocycles. The minimum atomic E-state index is -0.169. The third-order valence-corrected chi connectivity index (χ3v) is 4.82. The quantitative estimate of drug-likeness (QED) is 0.534. The topological polar surface area (TPSA) is 52.3 Å². The second-order valence-corrected chi connectivity index (χ2v) is 6.66. The molecule has 0 amide bonds. The molecular formula is C17H13ClN4OS. The lowest BCUT2D eigenvalue weighted by molar-refractivity contribution is 0.225. The van der Waals surface area contributed by atoms with Gasteiger partial charge in [-0.15, -0.1) is 10.2 Å². The Labute approximate surface area is 147 Å². The standard InChI is InChI=1S/C17H13ClN4OS/c1-11(23-14-5-3-2-4-6-14)16-21-22-15(19-20-17(22)24-16)12-7-9-13(18)10-8-12/h2-11H,1H3/t11-/m0/s1. The average molecular weight is 357 g/mol. The van der Waals surface area contributed by atoms with Crippen molar-refractivity contribution in [3.63, 3.8) is 0 Å². The van der Waals surface area contributed by atoms with Crippen LogP contribution in [0.1, 0.15) is 18.0 Å². The molecule has 2 aromatic carbocycles. The molecule has 120 valence electrons. The van der Waals surface area contributed by atoms with Gasteiger partial charge in [-0.3, -0.25) is 0 Å². The van der Waals surface area contributed by atoms with Crippen LogP contribution < -0.4 is 4.74 Å². The van der Waals surface area contributed by atoms with Crippen LogP contribution >= 0.6 is 22.9 Å². The third-order valence-electron chi connectivity index (χ3n) is 3.51. The molecule has 4 rings (SSSR count). The molecule has 1 atom stereocenters. The van der Waals surface area contributed by atoms with Gasteiger partial charge in [-0.05, 0) is 43.3 Å². The van der Waals surface area contributed by atoms with Gasteiger partial charge >= 0.3 is 0 Å². The summed E-state index contributed by atoms with van der Waals surface area (Å²) in [5.41, 5.74) is 0.917. The van der Waals surface area contributed by atoms with Crippen LogP contribution in [0.3, 0.4) is 0 Å². The molecule has 0 fully saturated rings. The molecule has 5 nitrogen and oxygen atoms in total. The number of halogens is 1. The lowest BCUT2D eigenvalue weighted by Gasteiger charge is -2.11. The highest BCUT2D eigenvalue weighted by Gasteiger charge is 2.18. The highest BCUT2D eigenvalue weighted by molar-refractivity contribution is 7.16. The van der Waals surface area contributed by atoms with Crippen molar-refractivity contribution in [1.29, 1.82) is 0 Å². The molecule has 0 saturated heterocycles. The molecule has 0 aliphatic heterocycles. The molecule has 0 spiro atoms. The van der Waals surface area contributed by atoms with E-state index in [9.17, 15) is 0 Å². The van der Waals surface area contributed by atoms with Crippen molar-refractivity contribution in [3.05, 3.63) is 64.6 Å². The number of hydrogen-bond acceptors (Lipinski definition) is 5. The van der Waals surface area contributed by atoms with Crippen molar-refractivity contribution >= 4 is 27.9 Å². The van der Waals surface area contributed by atoms with Crippen LogP contribution in [0.15, 0.2) is 54.6 Å². The van der Waals surface area contributed by atoms with E-state index in [0.717, 1.165) is 21.3 Å². The molecule has 0 bridgehead atoms. The van der Waals surface area contributed by atoms with Crippen LogP contribution in [-0.4, -0.2) is 19.8 Å². The molecule has 24 heavy (non-hydrogen) atoms. The molecule has 0 aliphatic carbocycles. The molecular weight excluding hydrogens is 344 g/mol. The van der Waals surface area contributed by atoms with Crippen molar-refractivity contribution in [2.75, 3.05) is 0 Å². The maximum absolute atomic E-state index is 5.94. The first-order valence-corrected chi connectivity index (χ1v) is 8.60. The minimum Gasteiger partial charge on any atom is -0.483 e. The zero-order valence-electron chi connectivity index (χ0n) is 12.8. The predicted molar refractivity (Wildman–Crippen MR) is 94.6 cm³/mol. The monoisotopic (exact) mass is 356 g/mol. The highest BCUT2D eigenvalue weighted by Crippen LogP contribution is 2.28. The Morgan fingerprint density at radius 3 is 2.54 bits per heavy atom. The average Bonchev–Trinajstić information content (AvgIpc) is 3.17. The predicted octanol–water partition coefficient (Wildman–Crippen LogP) is 4.65. The molecule has 0 N–H and O–H groups in total. The van der Waals surface area contributed by atoms with Crippen LogP contribution in [0, 0.1) is 0 Å². The lowest BCUT2D eigenvalue weighted by Crippen LogP contribution is -2.03. The summed E-state index contributed by atoms with van der Waals surface area (Å²) in [4.78, 5) is 0.735. The van der Waals surface area contributed by atoms with E-state index >= 15 is 0 Å². The van der Waals surface area contributed by atoms with Gasteiger partial charge in [0, 0.05) is 10.6 Å². The fraction of sp³-hybridized carbons (Fsp3) is 0.118. The summed E-state index contributed by atoms with van der Waals surface area (Å²) in [6.45, 7) is 1.97. The van der Waals surface area contributed by atoms with Gasteiger partial charge in [-0.2, -0.15) is 9.61 Å². The Balaban J connectivity index is 1.65. The molecule has 0 aliphatic rings. The van der Waals surface area contributed by atoms with Crippen molar-refractivity contribution < 1.29 is 4.74 Å². The minimum absolute atomic E-state index is 0.169. The van der Waals surface area contributed by atoms with Gasteiger partial charge in [0.15, 0.2) is 10.8 Å². The molecule has 0 saturated carbocycles. The zero-order chi connectivity index (χ0) is 16.5. The molecule has 7 heteroatoms. The number of para-hydroxylation sites is 1. The molecule has 0 unspecified atom stereocenters. The first-order valence-electron chi connectivity index (χ1n) is 7.40. The summed E-state index contributed by atoms with van der Waals surface area (Å²) in [6.07, 6.45) is -0.169. The third kappa shape index (κ3) is 2.86. The summed E-state index contributed by atoms with van der Waals surface area (Å²) in [5, 5.41) is 14.6. The summed E-state index contributed by atoms with van der Waals surface area (Å²) < 4.78 is 7.67. The number of rotatable bonds is 4. The summed E-state index contributed by atoms with van der Waals surface area (Å²) in [6, 6.07) is 17.2. The van der Waals surface area contributed by atoms with Gasteiger partial charge in [0.05, 0.1) is 0 Å². The SMILES string of the molecule is C[C@H](Oc1ccccc1)c1nn2c(-c3ccc(Cl)cc3)nnc2s1. The van der Waals surface area contributed by atoms with E-state index in [1.54, 1.807) is 4.52 Å². The van der Waals surface area contributed by atoms with Crippen molar-refractivity contribution in [1.82, 2.24) is 19.8 Å². The first-order chi connectivity index (χ1) is 11.7. The van der Waals surface area contributed by atoms with Gasteiger partial charge in [-0.1, -0.05) is 41.1 Å². The maximum atomic E-state index is 5.94. The normalized spacial score (nSPS) is 12.4. The van der Waals surface area contributed by atoms with Crippen molar-refractivity contribution in [2.24, 2.45) is 0 Å². The Hall–Kier alpha value is -2.44. The number of nitrogens with zero attached hydrogens (tertiary/aromatic N) is 4. The summed E-state index contributed by atoms with van der Waals surface area (Å²) in [7, 11) is 0. The van der Waals surface area contributed by atoms with E-state index in [0.29, 0.717) is 10.8 Å². The molecule has 0 radical (unpaired) electrons. The van der Waals surface area contributed by atoms with Crippen LogP contribution in [-0.2, 0) is 0 Å². The van der Waals surface area contributed by atoms with Gasteiger partial charge < -0.3 is 4.74 Å². The van der Waals surface area contributed by atoms with Gasteiger partial charge in [0.25, 0.3) is 0 Å². The second-order valence-electron chi connectivity index (χ2n) is 5.24. The molecule has 4 aromatic rings. The van der Waals surface area contributed by atoms with Crippen LogP contribution in [0.4, 0.5) is 0 Å². The summed E-state index contributed by atoms with van der Waals surface area (Å²) >= 11 is 7.41. The van der Waals surface area contributed by atoms with Crippen LogP contribution in [0.25, 0.3) is 16.3 Å². The van der Waals surface area contributed by atoms with E-state index in [-0.39, 0.29) is 6.10 Å². The van der Waals surface area contributed by atoms with E-state index in [1.165, 1.54) is 11.3 Å². The Morgan fingerprint density at radius 2 is 1.79 bits per heavy atom. The highest BCUT2D eigenvalue weighted by atomic mass is 35.5. The van der Waals surface area contributed by atoms with Crippen molar-refractivity contribution in [2.45, 2.75) is 13.0 Å². The maximum Gasteiger partial charge on any atom is 0.235 e. The first kappa shape index (κ1) is 15.1. The fourth-order valence-corrected chi connectivity index (χ4v) is 3.27. The van der Waals surface area contributed by atoms with Crippen molar-refractivity contribution in [3.8, 4) is 17.1 Å². The Morgan fingerprint density at radius 1 is 1.04 bits per heavy atom. The van der Waals surface area contributed by atoms with E-state index in [2.05, 4.69) is 15.3 Å². The van der Waals surface area contributed by atoms with E-state index in [1.807, 2.05) is 61.5 Å². The summed E-state index contributed by atoms with van der Waals surface area (Å²) in [5.74, 6) is 1.50. The zero-order valence-corrected chi connectivity index (χ0v) is 14.3. The number of benzene rings is 2. The van der Waals surface area contributed by atoms with Crippen LogP contribution in [0.2, 0.25) is 5.02 Å². The van der Waals surface area contributed by atoms with E-state index in [4.69, 9.17) is 16.3 Å². The number of fused-ring (bicyclic) bond motifs is 1.